The second-order valence-electron chi connectivity index (χ2n) is 5.05. The maximum Gasteiger partial charge on any atom is 0.231 e. The monoisotopic (exact) mass is 249 g/mol. The Bertz CT molecular complexity index is 373. The van der Waals surface area contributed by atoms with E-state index in [2.05, 4.69) is 30.9 Å². The maximum atomic E-state index is 11.0. The Balaban J connectivity index is 2.65. The van der Waals surface area contributed by atoms with E-state index >= 15 is 0 Å². The lowest BCUT2D eigenvalue weighted by molar-refractivity contribution is -0.119. The SMILES string of the molecule is CC(C)CN(CC(N)=O)Cc1ccc(CN)cc1. The molecular formula is C14H23N3O. The topological polar surface area (TPSA) is 72.3 Å². The van der Waals surface area contributed by atoms with Crippen molar-refractivity contribution in [3.8, 4) is 0 Å². The number of rotatable bonds is 7. The molecule has 1 aromatic carbocycles. The minimum Gasteiger partial charge on any atom is -0.369 e. The zero-order chi connectivity index (χ0) is 13.5. The zero-order valence-electron chi connectivity index (χ0n) is 11.2. The highest BCUT2D eigenvalue weighted by atomic mass is 16.1. The van der Waals surface area contributed by atoms with Crippen LogP contribution in [0.25, 0.3) is 0 Å². The third-order valence-electron chi connectivity index (χ3n) is 2.67. The molecule has 0 atom stereocenters. The molecule has 0 saturated heterocycles. The lowest BCUT2D eigenvalue weighted by Crippen LogP contribution is -2.35. The van der Waals surface area contributed by atoms with E-state index in [-0.39, 0.29) is 5.91 Å². The summed E-state index contributed by atoms with van der Waals surface area (Å²) in [6.07, 6.45) is 0. The van der Waals surface area contributed by atoms with Crippen LogP contribution in [-0.2, 0) is 17.9 Å². The first kappa shape index (κ1) is 14.7. The average molecular weight is 249 g/mol. The number of benzene rings is 1. The van der Waals surface area contributed by atoms with Crippen molar-refractivity contribution in [3.63, 3.8) is 0 Å². The van der Waals surface area contributed by atoms with E-state index in [0.717, 1.165) is 18.7 Å². The fourth-order valence-corrected chi connectivity index (χ4v) is 1.96. The van der Waals surface area contributed by atoms with E-state index < -0.39 is 0 Å². The van der Waals surface area contributed by atoms with Crippen molar-refractivity contribution in [2.75, 3.05) is 13.1 Å². The van der Waals surface area contributed by atoms with Gasteiger partial charge in [-0.3, -0.25) is 9.69 Å². The fraction of sp³-hybridized carbons (Fsp3) is 0.500. The van der Waals surface area contributed by atoms with Gasteiger partial charge in [0.2, 0.25) is 5.91 Å². The predicted octanol–water partition coefficient (Wildman–Crippen LogP) is 1.09. The first-order chi connectivity index (χ1) is 8.51. The second-order valence-corrected chi connectivity index (χ2v) is 5.05. The molecule has 0 fully saturated rings. The number of nitrogens with two attached hydrogens (primary N) is 2. The number of amides is 1. The van der Waals surface area contributed by atoms with Crippen molar-refractivity contribution in [1.29, 1.82) is 0 Å². The van der Waals surface area contributed by atoms with Gasteiger partial charge < -0.3 is 11.5 Å². The lowest BCUT2D eigenvalue weighted by atomic mass is 10.1. The highest BCUT2D eigenvalue weighted by molar-refractivity contribution is 5.75. The molecular weight excluding hydrogens is 226 g/mol. The number of hydrogen-bond donors (Lipinski definition) is 2. The van der Waals surface area contributed by atoms with Crippen LogP contribution in [0.1, 0.15) is 25.0 Å². The van der Waals surface area contributed by atoms with E-state index in [1.807, 2.05) is 12.1 Å². The van der Waals surface area contributed by atoms with Gasteiger partial charge >= 0.3 is 0 Å². The molecule has 4 N–H and O–H groups in total. The molecule has 1 aromatic rings. The molecule has 1 rings (SSSR count). The van der Waals surface area contributed by atoms with Gasteiger partial charge in [0.1, 0.15) is 0 Å². The Morgan fingerprint density at radius 3 is 2.22 bits per heavy atom. The van der Waals surface area contributed by atoms with Crippen molar-refractivity contribution in [2.45, 2.75) is 26.9 Å². The van der Waals surface area contributed by atoms with Gasteiger partial charge in [-0.15, -0.1) is 0 Å². The molecule has 0 aromatic heterocycles. The summed E-state index contributed by atoms with van der Waals surface area (Å²) >= 11 is 0. The molecule has 0 bridgehead atoms. The van der Waals surface area contributed by atoms with E-state index in [9.17, 15) is 4.79 Å². The van der Waals surface area contributed by atoms with Crippen molar-refractivity contribution < 1.29 is 4.79 Å². The third kappa shape index (κ3) is 5.29. The maximum absolute atomic E-state index is 11.0. The van der Waals surface area contributed by atoms with Crippen LogP contribution in [-0.4, -0.2) is 23.9 Å². The third-order valence-corrected chi connectivity index (χ3v) is 2.67. The van der Waals surface area contributed by atoms with Crippen LogP contribution in [0.2, 0.25) is 0 Å². The summed E-state index contributed by atoms with van der Waals surface area (Å²) in [5, 5.41) is 0. The highest BCUT2D eigenvalue weighted by Gasteiger charge is 2.10. The number of nitrogens with zero attached hydrogens (tertiary/aromatic N) is 1. The molecule has 0 aliphatic carbocycles. The van der Waals surface area contributed by atoms with Gasteiger partial charge in [-0.25, -0.2) is 0 Å². The summed E-state index contributed by atoms with van der Waals surface area (Å²) in [6.45, 7) is 6.72. The molecule has 1 amide bonds. The molecule has 4 heteroatoms. The average Bonchev–Trinajstić information content (AvgIpc) is 2.28. The molecule has 0 aliphatic heterocycles. The van der Waals surface area contributed by atoms with E-state index in [0.29, 0.717) is 19.0 Å². The van der Waals surface area contributed by atoms with Crippen LogP contribution in [0, 0.1) is 5.92 Å². The van der Waals surface area contributed by atoms with Crippen LogP contribution in [0.15, 0.2) is 24.3 Å². The van der Waals surface area contributed by atoms with Crippen molar-refractivity contribution in [1.82, 2.24) is 4.90 Å². The van der Waals surface area contributed by atoms with Gasteiger partial charge in [-0.05, 0) is 17.0 Å². The summed E-state index contributed by atoms with van der Waals surface area (Å²) < 4.78 is 0. The van der Waals surface area contributed by atoms with E-state index in [1.165, 1.54) is 5.56 Å². The number of carbonyl (C=O) groups excluding carboxylic acids is 1. The van der Waals surface area contributed by atoms with Gasteiger partial charge in [0.15, 0.2) is 0 Å². The molecule has 0 aliphatic rings. The molecule has 0 heterocycles. The highest BCUT2D eigenvalue weighted by Crippen LogP contribution is 2.09. The number of hydrogen-bond acceptors (Lipinski definition) is 3. The zero-order valence-corrected chi connectivity index (χ0v) is 11.2. The Morgan fingerprint density at radius 1 is 1.22 bits per heavy atom. The first-order valence-electron chi connectivity index (χ1n) is 6.29. The van der Waals surface area contributed by atoms with Gasteiger partial charge in [0.25, 0.3) is 0 Å². The van der Waals surface area contributed by atoms with Crippen molar-refractivity contribution >= 4 is 5.91 Å². The normalized spacial score (nSPS) is 11.2. The largest absolute Gasteiger partial charge is 0.369 e. The van der Waals surface area contributed by atoms with Crippen molar-refractivity contribution in [2.24, 2.45) is 17.4 Å². The van der Waals surface area contributed by atoms with Crippen LogP contribution < -0.4 is 11.5 Å². The lowest BCUT2D eigenvalue weighted by Gasteiger charge is -2.22. The minimum absolute atomic E-state index is 0.283. The molecule has 0 spiro atoms. The summed E-state index contributed by atoms with van der Waals surface area (Å²) in [4.78, 5) is 13.1. The summed E-state index contributed by atoms with van der Waals surface area (Å²) in [6, 6.07) is 8.15. The van der Waals surface area contributed by atoms with Crippen LogP contribution >= 0.6 is 0 Å². The smallest absolute Gasteiger partial charge is 0.231 e. The molecule has 0 saturated carbocycles. The van der Waals surface area contributed by atoms with Crippen LogP contribution in [0.3, 0.4) is 0 Å². The Kier molecular flexibility index (Phi) is 5.82. The van der Waals surface area contributed by atoms with Gasteiger partial charge in [0, 0.05) is 19.6 Å². The number of carbonyl (C=O) groups is 1. The summed E-state index contributed by atoms with van der Waals surface area (Å²) in [5.74, 6) is 0.224. The Hall–Kier alpha value is -1.39. The summed E-state index contributed by atoms with van der Waals surface area (Å²) in [5.41, 5.74) is 13.1. The van der Waals surface area contributed by atoms with Gasteiger partial charge in [-0.2, -0.15) is 0 Å². The van der Waals surface area contributed by atoms with E-state index in [1.54, 1.807) is 0 Å². The van der Waals surface area contributed by atoms with Crippen LogP contribution in [0.4, 0.5) is 0 Å². The quantitative estimate of drug-likeness (QED) is 0.759. The van der Waals surface area contributed by atoms with E-state index in [4.69, 9.17) is 11.5 Å². The minimum atomic E-state index is -0.283. The van der Waals surface area contributed by atoms with Crippen LogP contribution in [0.5, 0.6) is 0 Å². The van der Waals surface area contributed by atoms with Gasteiger partial charge in [-0.1, -0.05) is 38.1 Å². The van der Waals surface area contributed by atoms with Gasteiger partial charge in [0.05, 0.1) is 6.54 Å². The molecule has 100 valence electrons. The first-order valence-corrected chi connectivity index (χ1v) is 6.29. The Morgan fingerprint density at radius 2 is 1.78 bits per heavy atom. The second kappa shape index (κ2) is 7.13. The Labute approximate surface area is 109 Å². The summed E-state index contributed by atoms with van der Waals surface area (Å²) in [7, 11) is 0. The van der Waals surface area contributed by atoms with Crippen molar-refractivity contribution in [3.05, 3.63) is 35.4 Å². The molecule has 4 nitrogen and oxygen atoms in total. The predicted molar refractivity (Wildman–Crippen MR) is 73.6 cm³/mol. The standard InChI is InChI=1S/C14H23N3O/c1-11(2)8-17(10-14(16)18)9-13-5-3-12(7-15)4-6-13/h3-6,11H,7-10,15H2,1-2H3,(H2,16,18). The fourth-order valence-electron chi connectivity index (χ4n) is 1.96. The molecule has 18 heavy (non-hydrogen) atoms. The number of primary amides is 1. The molecule has 0 radical (unpaired) electrons. The molecule has 0 unspecified atom stereocenters.